The minimum absolute atomic E-state index is 0.324. The fraction of sp³-hybridized carbons (Fsp3) is 0.471. The standard InChI is InChI=1S/C17H23N3O2/c1-21-14-6-7-17-15(13-14)16(5-2-12-22-17)18-8-3-10-20-11-4-9-19-20/h4,6-7,9,11,13,16,18H,2-3,5,8,10,12H2,1H3. The van der Waals surface area contributed by atoms with Gasteiger partial charge >= 0.3 is 0 Å². The summed E-state index contributed by atoms with van der Waals surface area (Å²) in [6.07, 6.45) is 7.02. The average molecular weight is 301 g/mol. The Labute approximate surface area is 131 Å². The van der Waals surface area contributed by atoms with Gasteiger partial charge in [-0.15, -0.1) is 0 Å². The van der Waals surface area contributed by atoms with E-state index in [1.54, 1.807) is 7.11 Å². The molecule has 2 aromatic rings. The van der Waals surface area contributed by atoms with Gasteiger partial charge in [0, 0.05) is 30.5 Å². The van der Waals surface area contributed by atoms with Crippen LogP contribution < -0.4 is 14.8 Å². The number of hydrogen-bond donors (Lipinski definition) is 1. The van der Waals surface area contributed by atoms with Gasteiger partial charge in [-0.3, -0.25) is 4.68 Å². The second-order valence-corrected chi connectivity index (χ2v) is 5.52. The van der Waals surface area contributed by atoms with Crippen molar-refractivity contribution < 1.29 is 9.47 Å². The zero-order valence-electron chi connectivity index (χ0n) is 13.0. The molecule has 1 aromatic heterocycles. The molecule has 118 valence electrons. The Balaban J connectivity index is 1.60. The third kappa shape index (κ3) is 3.60. The van der Waals surface area contributed by atoms with Crippen LogP contribution in [0.4, 0.5) is 0 Å². The van der Waals surface area contributed by atoms with E-state index in [9.17, 15) is 0 Å². The van der Waals surface area contributed by atoms with Crippen molar-refractivity contribution in [3.8, 4) is 11.5 Å². The maximum atomic E-state index is 5.83. The van der Waals surface area contributed by atoms with Crippen LogP contribution >= 0.6 is 0 Å². The Kier molecular flexibility index (Phi) is 4.96. The first-order valence-corrected chi connectivity index (χ1v) is 7.88. The zero-order valence-corrected chi connectivity index (χ0v) is 13.0. The van der Waals surface area contributed by atoms with Gasteiger partial charge in [0.15, 0.2) is 0 Å². The number of hydrogen-bond acceptors (Lipinski definition) is 4. The van der Waals surface area contributed by atoms with E-state index < -0.39 is 0 Å². The Morgan fingerprint density at radius 1 is 1.45 bits per heavy atom. The lowest BCUT2D eigenvalue weighted by atomic mass is 10.0. The molecule has 0 amide bonds. The fourth-order valence-corrected chi connectivity index (χ4v) is 2.84. The molecule has 0 aliphatic carbocycles. The van der Waals surface area contributed by atoms with Crippen molar-refractivity contribution in [1.29, 1.82) is 0 Å². The molecule has 3 rings (SSSR count). The Hall–Kier alpha value is -2.01. The van der Waals surface area contributed by atoms with Crippen LogP contribution in [0.1, 0.15) is 30.9 Å². The molecule has 1 N–H and O–H groups in total. The molecule has 0 saturated carbocycles. The zero-order chi connectivity index (χ0) is 15.2. The van der Waals surface area contributed by atoms with Crippen molar-refractivity contribution in [2.24, 2.45) is 0 Å². The number of nitrogens with zero attached hydrogens (tertiary/aromatic N) is 2. The second kappa shape index (κ2) is 7.31. The van der Waals surface area contributed by atoms with E-state index in [0.717, 1.165) is 50.5 Å². The fourth-order valence-electron chi connectivity index (χ4n) is 2.84. The Morgan fingerprint density at radius 2 is 2.41 bits per heavy atom. The normalized spacial score (nSPS) is 17.4. The molecule has 0 bridgehead atoms. The van der Waals surface area contributed by atoms with Crippen LogP contribution in [-0.4, -0.2) is 30.0 Å². The van der Waals surface area contributed by atoms with Gasteiger partial charge in [-0.05, 0) is 50.1 Å². The van der Waals surface area contributed by atoms with E-state index in [0.29, 0.717) is 6.04 Å². The van der Waals surface area contributed by atoms with E-state index in [4.69, 9.17) is 9.47 Å². The smallest absolute Gasteiger partial charge is 0.124 e. The van der Waals surface area contributed by atoms with Crippen molar-refractivity contribution in [2.75, 3.05) is 20.3 Å². The minimum atomic E-state index is 0.324. The highest BCUT2D eigenvalue weighted by molar-refractivity contribution is 5.42. The van der Waals surface area contributed by atoms with Gasteiger partial charge in [0.05, 0.1) is 13.7 Å². The monoisotopic (exact) mass is 301 g/mol. The Morgan fingerprint density at radius 3 is 3.23 bits per heavy atom. The molecule has 0 saturated heterocycles. The van der Waals surface area contributed by atoms with Gasteiger partial charge in [0.2, 0.25) is 0 Å². The molecule has 1 atom stereocenters. The molecule has 0 radical (unpaired) electrons. The maximum absolute atomic E-state index is 5.83. The first-order valence-electron chi connectivity index (χ1n) is 7.88. The summed E-state index contributed by atoms with van der Waals surface area (Å²) in [5.74, 6) is 1.86. The highest BCUT2D eigenvalue weighted by Crippen LogP contribution is 2.34. The average Bonchev–Trinajstić information content (AvgIpc) is 2.99. The number of nitrogens with one attached hydrogen (secondary N) is 1. The Bertz CT molecular complexity index is 584. The SMILES string of the molecule is COc1ccc2c(c1)C(NCCCn1cccn1)CCCO2. The van der Waals surface area contributed by atoms with Crippen LogP contribution in [0.3, 0.4) is 0 Å². The molecule has 0 spiro atoms. The molecule has 1 unspecified atom stereocenters. The number of fused-ring (bicyclic) bond motifs is 1. The van der Waals surface area contributed by atoms with Crippen LogP contribution in [0.15, 0.2) is 36.7 Å². The van der Waals surface area contributed by atoms with Gasteiger partial charge in [0.1, 0.15) is 11.5 Å². The third-order valence-corrected chi connectivity index (χ3v) is 4.00. The maximum Gasteiger partial charge on any atom is 0.124 e. The van der Waals surface area contributed by atoms with Crippen LogP contribution in [0.2, 0.25) is 0 Å². The highest BCUT2D eigenvalue weighted by atomic mass is 16.5. The van der Waals surface area contributed by atoms with E-state index in [1.165, 1.54) is 5.56 Å². The van der Waals surface area contributed by atoms with Crippen molar-refractivity contribution in [3.63, 3.8) is 0 Å². The molecule has 0 fully saturated rings. The molecular formula is C17H23N3O2. The summed E-state index contributed by atoms with van der Waals surface area (Å²) in [6, 6.07) is 8.34. The van der Waals surface area contributed by atoms with Crippen LogP contribution in [0.5, 0.6) is 11.5 Å². The first kappa shape index (κ1) is 14.9. The second-order valence-electron chi connectivity index (χ2n) is 5.52. The summed E-state index contributed by atoms with van der Waals surface area (Å²) in [4.78, 5) is 0. The lowest BCUT2D eigenvalue weighted by Gasteiger charge is -2.19. The number of methoxy groups -OCH3 is 1. The number of aryl methyl sites for hydroxylation is 1. The summed E-state index contributed by atoms with van der Waals surface area (Å²) >= 11 is 0. The van der Waals surface area contributed by atoms with Crippen molar-refractivity contribution >= 4 is 0 Å². The molecule has 1 aromatic carbocycles. The van der Waals surface area contributed by atoms with Crippen molar-refractivity contribution in [3.05, 3.63) is 42.2 Å². The first-order chi connectivity index (χ1) is 10.9. The predicted molar refractivity (Wildman–Crippen MR) is 85.3 cm³/mol. The van der Waals surface area contributed by atoms with Gasteiger partial charge in [-0.25, -0.2) is 0 Å². The number of aromatic nitrogens is 2. The van der Waals surface area contributed by atoms with Gasteiger partial charge < -0.3 is 14.8 Å². The van der Waals surface area contributed by atoms with Gasteiger partial charge in [-0.2, -0.15) is 5.10 Å². The molecule has 2 heterocycles. The minimum Gasteiger partial charge on any atom is -0.497 e. The molecule has 22 heavy (non-hydrogen) atoms. The van der Waals surface area contributed by atoms with Crippen LogP contribution in [-0.2, 0) is 6.54 Å². The van der Waals surface area contributed by atoms with Gasteiger partial charge in [-0.1, -0.05) is 0 Å². The van der Waals surface area contributed by atoms with Crippen molar-refractivity contribution in [2.45, 2.75) is 31.8 Å². The van der Waals surface area contributed by atoms with E-state index in [1.807, 2.05) is 35.3 Å². The predicted octanol–water partition coefficient (Wildman–Crippen LogP) is 2.79. The number of rotatable bonds is 6. The molecule has 1 aliphatic rings. The van der Waals surface area contributed by atoms with E-state index >= 15 is 0 Å². The summed E-state index contributed by atoms with van der Waals surface area (Å²) in [7, 11) is 1.70. The van der Waals surface area contributed by atoms with Crippen LogP contribution in [0.25, 0.3) is 0 Å². The van der Waals surface area contributed by atoms with Crippen LogP contribution in [0, 0.1) is 0 Å². The van der Waals surface area contributed by atoms with Crippen molar-refractivity contribution in [1.82, 2.24) is 15.1 Å². The lowest BCUT2D eigenvalue weighted by Crippen LogP contribution is -2.23. The quantitative estimate of drug-likeness (QED) is 0.834. The molecular weight excluding hydrogens is 278 g/mol. The number of ether oxygens (including phenoxy) is 2. The number of benzene rings is 1. The van der Waals surface area contributed by atoms with E-state index in [2.05, 4.69) is 16.5 Å². The summed E-state index contributed by atoms with van der Waals surface area (Å²) in [5, 5.41) is 7.88. The molecule has 1 aliphatic heterocycles. The molecule has 5 heteroatoms. The van der Waals surface area contributed by atoms with Gasteiger partial charge in [0.25, 0.3) is 0 Å². The summed E-state index contributed by atoms with van der Waals surface area (Å²) in [6.45, 7) is 2.68. The largest absolute Gasteiger partial charge is 0.497 e. The highest BCUT2D eigenvalue weighted by Gasteiger charge is 2.19. The van der Waals surface area contributed by atoms with E-state index in [-0.39, 0.29) is 0 Å². The summed E-state index contributed by atoms with van der Waals surface area (Å²) in [5.41, 5.74) is 1.20. The third-order valence-electron chi connectivity index (χ3n) is 4.00. The topological polar surface area (TPSA) is 48.3 Å². The summed E-state index contributed by atoms with van der Waals surface area (Å²) < 4.78 is 13.1. The molecule has 5 nitrogen and oxygen atoms in total. The lowest BCUT2D eigenvalue weighted by molar-refractivity contribution is 0.314.